The second kappa shape index (κ2) is 2.80. The van der Waals surface area contributed by atoms with Crippen LogP contribution >= 0.6 is 11.3 Å². The van der Waals surface area contributed by atoms with E-state index in [1.165, 1.54) is 11.3 Å². The smallest absolute Gasteiger partial charge is 0.282 e. The molecule has 0 atom stereocenters. The molecule has 2 N–H and O–H groups in total. The third-order valence-electron chi connectivity index (χ3n) is 2.29. The average molecular weight is 218 g/mol. The summed E-state index contributed by atoms with van der Waals surface area (Å²) in [4.78, 5) is 11.5. The quantitative estimate of drug-likeness (QED) is 0.605. The van der Waals surface area contributed by atoms with Gasteiger partial charge in [0.1, 0.15) is 4.70 Å². The zero-order valence-corrected chi connectivity index (χ0v) is 8.34. The number of thiophene rings is 1. The van der Waals surface area contributed by atoms with Crippen molar-refractivity contribution < 1.29 is 5.11 Å². The third-order valence-corrected chi connectivity index (χ3v) is 3.46. The lowest BCUT2D eigenvalue weighted by molar-refractivity contribution is 0.452. The molecule has 2 aromatic heterocycles. The molecule has 3 rings (SSSR count). The molecule has 0 aliphatic rings. The Balaban J connectivity index is 2.72. The number of hydrogen-bond acceptors (Lipinski definition) is 4. The van der Waals surface area contributed by atoms with E-state index in [0.717, 1.165) is 10.1 Å². The summed E-state index contributed by atoms with van der Waals surface area (Å²) in [5.74, 6) is -0.123. The van der Waals surface area contributed by atoms with Gasteiger partial charge in [-0.05, 0) is 6.07 Å². The first-order valence-corrected chi connectivity index (χ1v) is 5.18. The molecular weight excluding hydrogens is 212 g/mol. The number of aromatic amines is 1. The van der Waals surface area contributed by atoms with E-state index >= 15 is 0 Å². The number of fused-ring (bicyclic) bond motifs is 3. The van der Waals surface area contributed by atoms with Gasteiger partial charge in [0, 0.05) is 10.1 Å². The van der Waals surface area contributed by atoms with Gasteiger partial charge < -0.3 is 5.11 Å². The summed E-state index contributed by atoms with van der Waals surface area (Å²) in [6.45, 7) is 0. The number of aromatic nitrogens is 2. The zero-order chi connectivity index (χ0) is 10.4. The van der Waals surface area contributed by atoms with E-state index in [0.29, 0.717) is 10.1 Å². The summed E-state index contributed by atoms with van der Waals surface area (Å²) in [5, 5.41) is 16.8. The highest BCUT2D eigenvalue weighted by atomic mass is 32.1. The van der Waals surface area contributed by atoms with Crippen molar-refractivity contribution in [3.8, 4) is 5.88 Å². The number of rotatable bonds is 0. The van der Waals surface area contributed by atoms with E-state index in [4.69, 9.17) is 0 Å². The minimum absolute atomic E-state index is 0.123. The van der Waals surface area contributed by atoms with Crippen molar-refractivity contribution >= 4 is 31.5 Å². The molecule has 0 aliphatic carbocycles. The minimum atomic E-state index is -0.260. The SMILES string of the molecule is O=c1[nH]nc(O)c2c1sc1ccccc12. The Hall–Kier alpha value is -1.88. The summed E-state index contributed by atoms with van der Waals surface area (Å²) >= 11 is 1.36. The van der Waals surface area contributed by atoms with Crippen molar-refractivity contribution in [1.29, 1.82) is 0 Å². The molecule has 0 bridgehead atoms. The second-order valence-electron chi connectivity index (χ2n) is 3.18. The van der Waals surface area contributed by atoms with Crippen LogP contribution in [-0.2, 0) is 0 Å². The third kappa shape index (κ3) is 1.07. The van der Waals surface area contributed by atoms with Crippen LogP contribution in [0.25, 0.3) is 20.2 Å². The Bertz CT molecular complexity index is 714. The summed E-state index contributed by atoms with van der Waals surface area (Å²) in [6, 6.07) is 7.55. The fourth-order valence-corrected chi connectivity index (χ4v) is 2.73. The molecule has 2 heterocycles. The first-order chi connectivity index (χ1) is 7.27. The molecule has 0 saturated carbocycles. The molecule has 0 spiro atoms. The van der Waals surface area contributed by atoms with Crippen LogP contribution in [0, 0.1) is 0 Å². The first-order valence-electron chi connectivity index (χ1n) is 4.36. The van der Waals surface area contributed by atoms with Crippen molar-refractivity contribution in [2.45, 2.75) is 0 Å². The van der Waals surface area contributed by atoms with Gasteiger partial charge in [-0.1, -0.05) is 18.2 Å². The highest BCUT2D eigenvalue weighted by Gasteiger charge is 2.12. The predicted molar refractivity (Wildman–Crippen MR) is 59.4 cm³/mol. The Morgan fingerprint density at radius 2 is 2.13 bits per heavy atom. The average Bonchev–Trinajstić information content (AvgIpc) is 2.64. The van der Waals surface area contributed by atoms with Crippen LogP contribution in [-0.4, -0.2) is 15.3 Å². The monoisotopic (exact) mass is 218 g/mol. The van der Waals surface area contributed by atoms with Gasteiger partial charge in [0.25, 0.3) is 5.56 Å². The fourth-order valence-electron chi connectivity index (χ4n) is 1.64. The van der Waals surface area contributed by atoms with E-state index in [2.05, 4.69) is 10.2 Å². The molecular formula is C10H6N2O2S. The van der Waals surface area contributed by atoms with Crippen LogP contribution in [0.2, 0.25) is 0 Å². The molecule has 0 fully saturated rings. The highest BCUT2D eigenvalue weighted by molar-refractivity contribution is 7.25. The molecule has 74 valence electrons. The molecule has 0 saturated heterocycles. The van der Waals surface area contributed by atoms with Crippen LogP contribution in [0.3, 0.4) is 0 Å². The maximum atomic E-state index is 11.5. The summed E-state index contributed by atoms with van der Waals surface area (Å²) in [6.07, 6.45) is 0. The van der Waals surface area contributed by atoms with Gasteiger partial charge in [0.2, 0.25) is 5.88 Å². The van der Waals surface area contributed by atoms with Crippen LogP contribution < -0.4 is 5.56 Å². The predicted octanol–water partition coefficient (Wildman–Crippen LogP) is 1.84. The standard InChI is InChI=1S/C10H6N2O2S/c13-9-7-5-3-1-2-4-6(5)15-8(7)10(14)12-11-9/h1-4H,(H,11,13)(H,12,14). The Labute approximate surface area is 87.8 Å². The van der Waals surface area contributed by atoms with Crippen LogP contribution in [0.15, 0.2) is 29.1 Å². The molecule has 5 heteroatoms. The van der Waals surface area contributed by atoms with Crippen molar-refractivity contribution in [3.05, 3.63) is 34.6 Å². The molecule has 0 amide bonds. The van der Waals surface area contributed by atoms with Crippen molar-refractivity contribution in [1.82, 2.24) is 10.2 Å². The molecule has 3 aromatic rings. The molecule has 4 nitrogen and oxygen atoms in total. The van der Waals surface area contributed by atoms with E-state index in [-0.39, 0.29) is 11.4 Å². The number of nitrogens with zero attached hydrogens (tertiary/aromatic N) is 1. The summed E-state index contributed by atoms with van der Waals surface area (Å²) in [7, 11) is 0. The van der Waals surface area contributed by atoms with Crippen molar-refractivity contribution in [3.63, 3.8) is 0 Å². The molecule has 0 radical (unpaired) electrons. The normalized spacial score (nSPS) is 11.2. The molecule has 0 aliphatic heterocycles. The number of hydrogen-bond donors (Lipinski definition) is 2. The minimum Gasteiger partial charge on any atom is -0.492 e. The maximum absolute atomic E-state index is 11.5. The van der Waals surface area contributed by atoms with Crippen LogP contribution in [0.1, 0.15) is 0 Å². The van der Waals surface area contributed by atoms with Gasteiger partial charge in [-0.2, -0.15) is 0 Å². The first kappa shape index (κ1) is 8.43. The van der Waals surface area contributed by atoms with Gasteiger partial charge in [0.15, 0.2) is 0 Å². The summed E-state index contributed by atoms with van der Waals surface area (Å²) < 4.78 is 1.49. The van der Waals surface area contributed by atoms with E-state index in [1.807, 2.05) is 24.3 Å². The lowest BCUT2D eigenvalue weighted by Gasteiger charge is -1.92. The second-order valence-corrected chi connectivity index (χ2v) is 4.23. The van der Waals surface area contributed by atoms with Gasteiger partial charge in [-0.3, -0.25) is 4.79 Å². The number of H-pyrrole nitrogens is 1. The van der Waals surface area contributed by atoms with Crippen molar-refractivity contribution in [2.75, 3.05) is 0 Å². The molecule has 0 unspecified atom stereocenters. The van der Waals surface area contributed by atoms with Gasteiger partial charge in [-0.15, -0.1) is 16.4 Å². The largest absolute Gasteiger partial charge is 0.492 e. The molecule has 1 aromatic carbocycles. The molecule has 15 heavy (non-hydrogen) atoms. The van der Waals surface area contributed by atoms with E-state index in [1.54, 1.807) is 0 Å². The number of nitrogens with one attached hydrogen (secondary N) is 1. The van der Waals surface area contributed by atoms with Crippen LogP contribution in [0.5, 0.6) is 5.88 Å². The lowest BCUT2D eigenvalue weighted by Crippen LogP contribution is -2.05. The number of aromatic hydroxyl groups is 1. The fraction of sp³-hybridized carbons (Fsp3) is 0. The Kier molecular flexibility index (Phi) is 1.58. The topological polar surface area (TPSA) is 66.0 Å². The van der Waals surface area contributed by atoms with Gasteiger partial charge >= 0.3 is 0 Å². The zero-order valence-electron chi connectivity index (χ0n) is 7.52. The van der Waals surface area contributed by atoms with Gasteiger partial charge in [0.05, 0.1) is 5.39 Å². The number of benzene rings is 1. The van der Waals surface area contributed by atoms with Crippen LogP contribution in [0.4, 0.5) is 0 Å². The Morgan fingerprint density at radius 1 is 1.33 bits per heavy atom. The summed E-state index contributed by atoms with van der Waals surface area (Å²) in [5.41, 5.74) is -0.260. The van der Waals surface area contributed by atoms with E-state index in [9.17, 15) is 9.90 Å². The maximum Gasteiger partial charge on any atom is 0.282 e. The van der Waals surface area contributed by atoms with E-state index < -0.39 is 0 Å². The highest BCUT2D eigenvalue weighted by Crippen LogP contribution is 2.34. The van der Waals surface area contributed by atoms with Crippen molar-refractivity contribution in [2.24, 2.45) is 0 Å². The van der Waals surface area contributed by atoms with Gasteiger partial charge in [-0.25, -0.2) is 5.10 Å². The lowest BCUT2D eigenvalue weighted by atomic mass is 10.2. The Morgan fingerprint density at radius 3 is 3.00 bits per heavy atom.